The molecule has 0 saturated carbocycles. The molecular formula is C16H16N6O6. The highest BCUT2D eigenvalue weighted by Crippen LogP contribution is 2.28. The van der Waals surface area contributed by atoms with E-state index in [-0.39, 0.29) is 11.4 Å². The molecule has 12 nitrogen and oxygen atoms in total. The Morgan fingerprint density at radius 2 is 1.57 bits per heavy atom. The maximum atomic E-state index is 11.2. The topological polar surface area (TPSA) is 166 Å². The quantitative estimate of drug-likeness (QED) is 0.313. The fourth-order valence-electron chi connectivity index (χ4n) is 2.20. The number of amidine groups is 1. The minimum atomic E-state index is -0.746. The zero-order chi connectivity index (χ0) is 20.8. The van der Waals surface area contributed by atoms with Gasteiger partial charge in [-0.25, -0.2) is 4.99 Å². The second-order valence-corrected chi connectivity index (χ2v) is 5.61. The van der Waals surface area contributed by atoms with E-state index in [1.807, 2.05) is 0 Å². The van der Waals surface area contributed by atoms with Gasteiger partial charge in [-0.2, -0.15) is 0 Å². The van der Waals surface area contributed by atoms with E-state index >= 15 is 0 Å². The van der Waals surface area contributed by atoms with Gasteiger partial charge in [-0.3, -0.25) is 41.2 Å². The number of anilines is 1. The number of benzene rings is 2. The van der Waals surface area contributed by atoms with E-state index in [4.69, 9.17) is 0 Å². The number of nitrogens with one attached hydrogen (secondary N) is 2. The number of aliphatic imine (C=N–C) groups is 1. The van der Waals surface area contributed by atoms with Gasteiger partial charge in [0.1, 0.15) is 11.5 Å². The summed E-state index contributed by atoms with van der Waals surface area (Å²) in [5.74, 6) is 0.358. The summed E-state index contributed by atoms with van der Waals surface area (Å²) >= 11 is 0. The van der Waals surface area contributed by atoms with Crippen LogP contribution in [0.25, 0.3) is 0 Å². The lowest BCUT2D eigenvalue weighted by molar-refractivity contribution is -0.393. The van der Waals surface area contributed by atoms with E-state index in [2.05, 4.69) is 15.8 Å². The Morgan fingerprint density at radius 1 is 0.964 bits per heavy atom. The predicted octanol–water partition coefficient (Wildman–Crippen LogP) is 3.78. The highest BCUT2D eigenvalue weighted by atomic mass is 16.6. The molecule has 0 aliphatic heterocycles. The standard InChI is InChI=1S/C16H16N6O6/c1-3-16(17-14-8-11(20(23)24)5-4-10(14)2)19-18-13-7-6-12(21(25)26)9-15(13)22(27)28/h4-9,18H,3H2,1-2H3,(H,17,19). The van der Waals surface area contributed by atoms with Gasteiger partial charge in [0.25, 0.3) is 11.4 Å². The first-order valence-corrected chi connectivity index (χ1v) is 8.00. The van der Waals surface area contributed by atoms with Gasteiger partial charge in [-0.15, -0.1) is 0 Å². The Balaban J connectivity index is 2.28. The average molecular weight is 388 g/mol. The first-order valence-electron chi connectivity index (χ1n) is 8.00. The van der Waals surface area contributed by atoms with Crippen LogP contribution in [0, 0.1) is 37.3 Å². The highest BCUT2D eigenvalue weighted by Gasteiger charge is 2.19. The third-order valence-corrected chi connectivity index (χ3v) is 3.72. The maximum absolute atomic E-state index is 11.2. The van der Waals surface area contributed by atoms with E-state index in [1.54, 1.807) is 19.9 Å². The number of non-ortho nitro benzene ring substituents is 2. The van der Waals surface area contributed by atoms with Crippen molar-refractivity contribution in [1.82, 2.24) is 5.43 Å². The fraction of sp³-hybridized carbons (Fsp3) is 0.188. The number of nitrogens with zero attached hydrogens (tertiary/aromatic N) is 4. The Morgan fingerprint density at radius 3 is 2.14 bits per heavy atom. The molecule has 2 N–H and O–H groups in total. The molecule has 0 atom stereocenters. The van der Waals surface area contributed by atoms with E-state index in [1.165, 1.54) is 18.2 Å². The summed E-state index contributed by atoms with van der Waals surface area (Å²) in [6.45, 7) is 3.51. The second kappa shape index (κ2) is 8.53. The van der Waals surface area contributed by atoms with Crippen molar-refractivity contribution in [3.8, 4) is 0 Å². The number of nitro benzene ring substituents is 3. The van der Waals surface area contributed by atoms with Crippen molar-refractivity contribution in [2.45, 2.75) is 20.3 Å². The van der Waals surface area contributed by atoms with Gasteiger partial charge in [0, 0.05) is 24.6 Å². The van der Waals surface area contributed by atoms with Crippen LogP contribution in [-0.2, 0) is 0 Å². The zero-order valence-electron chi connectivity index (χ0n) is 14.9. The van der Waals surface area contributed by atoms with Crippen LogP contribution in [0.1, 0.15) is 18.9 Å². The lowest BCUT2D eigenvalue weighted by atomic mass is 10.2. The fourth-order valence-corrected chi connectivity index (χ4v) is 2.20. The summed E-state index contributed by atoms with van der Waals surface area (Å²) in [5.41, 5.74) is 5.41. The molecule has 0 aliphatic rings. The number of aryl methyl sites for hydroxylation is 1. The molecule has 0 aromatic heterocycles. The normalized spacial score (nSPS) is 11.0. The molecule has 0 fully saturated rings. The molecule has 0 spiro atoms. The van der Waals surface area contributed by atoms with Gasteiger partial charge in [0.15, 0.2) is 0 Å². The number of nitro groups is 3. The van der Waals surface area contributed by atoms with Crippen molar-refractivity contribution in [2.75, 3.05) is 5.43 Å². The van der Waals surface area contributed by atoms with Crippen molar-refractivity contribution in [2.24, 2.45) is 4.99 Å². The summed E-state index contributed by atoms with van der Waals surface area (Å²) in [5, 5.41) is 32.9. The predicted molar refractivity (Wildman–Crippen MR) is 102 cm³/mol. The van der Waals surface area contributed by atoms with Crippen molar-refractivity contribution in [3.63, 3.8) is 0 Å². The second-order valence-electron chi connectivity index (χ2n) is 5.61. The zero-order valence-corrected chi connectivity index (χ0v) is 14.9. The van der Waals surface area contributed by atoms with Gasteiger partial charge >= 0.3 is 5.69 Å². The van der Waals surface area contributed by atoms with Gasteiger partial charge < -0.3 is 0 Å². The van der Waals surface area contributed by atoms with Crippen LogP contribution in [0.5, 0.6) is 0 Å². The Labute approximate surface area is 158 Å². The molecule has 0 amide bonds. The lowest BCUT2D eigenvalue weighted by Gasteiger charge is -2.12. The van der Waals surface area contributed by atoms with Crippen LogP contribution >= 0.6 is 0 Å². The summed E-state index contributed by atoms with van der Waals surface area (Å²) in [4.78, 5) is 35.2. The minimum Gasteiger partial charge on any atom is -0.293 e. The Hall–Kier alpha value is -4.09. The first-order chi connectivity index (χ1) is 13.2. The Bertz CT molecular complexity index is 974. The van der Waals surface area contributed by atoms with Gasteiger partial charge in [-0.1, -0.05) is 13.0 Å². The largest absolute Gasteiger partial charge is 0.300 e. The van der Waals surface area contributed by atoms with Crippen molar-refractivity contribution >= 4 is 34.3 Å². The third kappa shape index (κ3) is 4.75. The number of hydrogen-bond donors (Lipinski definition) is 2. The average Bonchev–Trinajstić information content (AvgIpc) is 2.65. The van der Waals surface area contributed by atoms with Crippen LogP contribution in [0.3, 0.4) is 0 Å². The molecule has 2 rings (SSSR count). The molecular weight excluding hydrogens is 372 g/mol. The van der Waals surface area contributed by atoms with Gasteiger partial charge in [-0.05, 0) is 18.6 Å². The summed E-state index contributed by atoms with van der Waals surface area (Å²) in [7, 11) is 0. The van der Waals surface area contributed by atoms with Gasteiger partial charge in [0.05, 0.1) is 26.5 Å². The van der Waals surface area contributed by atoms with Crippen molar-refractivity contribution in [1.29, 1.82) is 0 Å². The minimum absolute atomic E-state index is 0.00696. The SMILES string of the molecule is CCC(=Nc1cc([N+](=O)[O-])ccc1C)NNc1ccc([N+](=O)[O-])cc1[N+](=O)[O-]. The summed E-state index contributed by atoms with van der Waals surface area (Å²) in [6, 6.07) is 7.43. The van der Waals surface area contributed by atoms with Crippen molar-refractivity contribution in [3.05, 3.63) is 72.3 Å². The summed E-state index contributed by atoms with van der Waals surface area (Å²) in [6.07, 6.45) is 0.385. The lowest BCUT2D eigenvalue weighted by Crippen LogP contribution is -2.29. The first kappa shape index (κ1) is 20.2. The van der Waals surface area contributed by atoms with Crippen LogP contribution in [-0.4, -0.2) is 20.6 Å². The monoisotopic (exact) mass is 388 g/mol. The van der Waals surface area contributed by atoms with E-state index in [0.29, 0.717) is 23.5 Å². The molecule has 0 saturated heterocycles. The number of hydrazine groups is 1. The molecule has 0 aliphatic carbocycles. The molecule has 0 unspecified atom stereocenters. The maximum Gasteiger partial charge on any atom is 0.300 e. The summed E-state index contributed by atoms with van der Waals surface area (Å²) < 4.78 is 0. The molecule has 0 radical (unpaired) electrons. The van der Waals surface area contributed by atoms with Crippen LogP contribution in [0.4, 0.5) is 28.4 Å². The Kier molecular flexibility index (Phi) is 6.16. The van der Waals surface area contributed by atoms with Crippen molar-refractivity contribution < 1.29 is 14.8 Å². The molecule has 0 bridgehead atoms. The molecule has 28 heavy (non-hydrogen) atoms. The smallest absolute Gasteiger partial charge is 0.293 e. The molecule has 2 aromatic carbocycles. The van der Waals surface area contributed by atoms with E-state index in [9.17, 15) is 30.3 Å². The third-order valence-electron chi connectivity index (χ3n) is 3.72. The van der Waals surface area contributed by atoms with Crippen LogP contribution < -0.4 is 10.9 Å². The molecule has 0 heterocycles. The number of rotatable bonds is 7. The van der Waals surface area contributed by atoms with Gasteiger partial charge in [0.2, 0.25) is 0 Å². The molecule has 2 aromatic rings. The van der Waals surface area contributed by atoms with E-state index < -0.39 is 26.1 Å². The van der Waals surface area contributed by atoms with E-state index in [0.717, 1.165) is 12.1 Å². The highest BCUT2D eigenvalue weighted by molar-refractivity contribution is 5.86. The molecule has 146 valence electrons. The van der Waals surface area contributed by atoms with Crippen LogP contribution in [0.2, 0.25) is 0 Å². The number of hydrogen-bond acceptors (Lipinski definition) is 8. The van der Waals surface area contributed by atoms with Crippen LogP contribution in [0.15, 0.2) is 41.4 Å². The molecule has 12 heteroatoms.